The Balaban J connectivity index is 1.41. The third-order valence-corrected chi connectivity index (χ3v) is 5.97. The molecule has 0 unspecified atom stereocenters. The molecule has 1 aromatic carbocycles. The molecule has 0 saturated heterocycles. The molecule has 1 saturated carbocycles. The number of hydrogen-bond acceptors (Lipinski definition) is 3. The summed E-state index contributed by atoms with van der Waals surface area (Å²) in [5.41, 5.74) is 5.52. The third-order valence-electron chi connectivity index (χ3n) is 5.97. The van der Waals surface area contributed by atoms with Gasteiger partial charge in [-0.05, 0) is 54.0 Å². The summed E-state index contributed by atoms with van der Waals surface area (Å²) in [5, 5.41) is 9.07. The SMILES string of the molecule is CC(C)c1ccc(C#Cc2ccc3c(n2)CCN(C2CC(C(=O)O)C2)C3)cc1. The van der Waals surface area contributed by atoms with Crippen molar-refractivity contribution in [2.24, 2.45) is 5.92 Å². The van der Waals surface area contributed by atoms with E-state index < -0.39 is 5.97 Å². The third kappa shape index (κ3) is 3.95. The molecule has 0 spiro atoms. The van der Waals surface area contributed by atoms with Crippen LogP contribution in [0.2, 0.25) is 0 Å². The van der Waals surface area contributed by atoms with E-state index in [0.29, 0.717) is 12.0 Å². The second kappa shape index (κ2) is 7.77. The molecule has 1 fully saturated rings. The van der Waals surface area contributed by atoms with Crippen LogP contribution in [0.25, 0.3) is 0 Å². The maximum absolute atomic E-state index is 11.0. The van der Waals surface area contributed by atoms with Crippen molar-refractivity contribution in [2.75, 3.05) is 6.54 Å². The molecular weight excluding hydrogens is 348 g/mol. The second-order valence-corrected chi connectivity index (χ2v) is 8.21. The molecule has 4 heteroatoms. The number of hydrogen-bond donors (Lipinski definition) is 1. The van der Waals surface area contributed by atoms with Gasteiger partial charge in [-0.25, -0.2) is 4.98 Å². The zero-order valence-electron chi connectivity index (χ0n) is 16.5. The Hall–Kier alpha value is -2.64. The lowest BCUT2D eigenvalue weighted by Crippen LogP contribution is -2.48. The first-order valence-electron chi connectivity index (χ1n) is 10.1. The minimum Gasteiger partial charge on any atom is -0.481 e. The van der Waals surface area contributed by atoms with Gasteiger partial charge in [0.15, 0.2) is 0 Å². The maximum atomic E-state index is 11.0. The highest BCUT2D eigenvalue weighted by molar-refractivity contribution is 5.71. The lowest BCUT2D eigenvalue weighted by Gasteiger charge is -2.43. The number of fused-ring (bicyclic) bond motifs is 1. The number of benzene rings is 1. The summed E-state index contributed by atoms with van der Waals surface area (Å²) in [6, 6.07) is 13.0. The molecular formula is C24H26N2O2. The van der Waals surface area contributed by atoms with Crippen LogP contribution in [-0.2, 0) is 17.8 Å². The number of rotatable bonds is 3. The van der Waals surface area contributed by atoms with Crippen molar-refractivity contribution in [2.45, 2.75) is 51.6 Å². The van der Waals surface area contributed by atoms with E-state index in [9.17, 15) is 4.79 Å². The van der Waals surface area contributed by atoms with Gasteiger partial charge in [-0.2, -0.15) is 0 Å². The molecule has 2 heterocycles. The van der Waals surface area contributed by atoms with E-state index >= 15 is 0 Å². The van der Waals surface area contributed by atoms with E-state index in [1.54, 1.807) is 0 Å². The molecule has 1 aromatic heterocycles. The predicted octanol–water partition coefficient (Wildman–Crippen LogP) is 3.83. The standard InChI is InChI=1S/C24H26N2O2/c1-16(2)18-6-3-17(4-7-18)5-9-21-10-8-19-15-26(12-11-23(19)25-21)22-13-20(14-22)24(27)28/h3-4,6-8,10,16,20,22H,11-15H2,1-2H3,(H,27,28). The summed E-state index contributed by atoms with van der Waals surface area (Å²) in [4.78, 5) is 18.2. The molecule has 28 heavy (non-hydrogen) atoms. The van der Waals surface area contributed by atoms with Crippen LogP contribution >= 0.6 is 0 Å². The largest absolute Gasteiger partial charge is 0.481 e. The number of aliphatic carboxylic acids is 1. The van der Waals surface area contributed by atoms with Crippen LogP contribution in [-0.4, -0.2) is 33.5 Å². The van der Waals surface area contributed by atoms with E-state index in [2.05, 4.69) is 60.9 Å². The van der Waals surface area contributed by atoms with Crippen LogP contribution in [0.4, 0.5) is 0 Å². The average Bonchev–Trinajstić information content (AvgIpc) is 2.65. The number of nitrogens with zero attached hydrogens (tertiary/aromatic N) is 2. The van der Waals surface area contributed by atoms with Crippen molar-refractivity contribution in [3.05, 3.63) is 64.5 Å². The summed E-state index contributed by atoms with van der Waals surface area (Å²) < 4.78 is 0. The lowest BCUT2D eigenvalue weighted by molar-refractivity contribution is -0.147. The Labute approximate surface area is 166 Å². The van der Waals surface area contributed by atoms with Crippen molar-refractivity contribution in [3.8, 4) is 11.8 Å². The Kier molecular flexibility index (Phi) is 5.19. The molecule has 1 aliphatic heterocycles. The summed E-state index contributed by atoms with van der Waals surface area (Å²) in [5.74, 6) is 6.13. The molecule has 4 nitrogen and oxygen atoms in total. The highest BCUT2D eigenvalue weighted by Crippen LogP contribution is 2.34. The van der Waals surface area contributed by atoms with Gasteiger partial charge in [-0.1, -0.05) is 38.0 Å². The number of carboxylic acids is 1. The van der Waals surface area contributed by atoms with Crippen LogP contribution < -0.4 is 0 Å². The highest BCUT2D eigenvalue weighted by Gasteiger charge is 2.38. The maximum Gasteiger partial charge on any atom is 0.306 e. The molecule has 4 rings (SSSR count). The van der Waals surface area contributed by atoms with E-state index in [1.165, 1.54) is 11.1 Å². The van der Waals surface area contributed by atoms with Gasteiger partial charge in [0.05, 0.1) is 5.92 Å². The fourth-order valence-corrected chi connectivity index (χ4v) is 3.99. The molecule has 144 valence electrons. The fourth-order valence-electron chi connectivity index (χ4n) is 3.99. The van der Waals surface area contributed by atoms with Crippen molar-refractivity contribution in [1.82, 2.24) is 9.88 Å². The van der Waals surface area contributed by atoms with Crippen molar-refractivity contribution < 1.29 is 9.90 Å². The van der Waals surface area contributed by atoms with Gasteiger partial charge in [0.2, 0.25) is 0 Å². The first kappa shape index (κ1) is 18.7. The summed E-state index contributed by atoms with van der Waals surface area (Å²) >= 11 is 0. The van der Waals surface area contributed by atoms with E-state index in [4.69, 9.17) is 10.1 Å². The van der Waals surface area contributed by atoms with Crippen LogP contribution in [0.1, 0.15) is 60.7 Å². The zero-order chi connectivity index (χ0) is 19.7. The van der Waals surface area contributed by atoms with Gasteiger partial charge in [-0.3, -0.25) is 9.69 Å². The van der Waals surface area contributed by atoms with Gasteiger partial charge in [0.1, 0.15) is 5.69 Å². The Morgan fingerprint density at radius 3 is 2.57 bits per heavy atom. The second-order valence-electron chi connectivity index (χ2n) is 8.21. The smallest absolute Gasteiger partial charge is 0.306 e. The quantitative estimate of drug-likeness (QED) is 0.830. The zero-order valence-corrected chi connectivity index (χ0v) is 16.5. The summed E-state index contributed by atoms with van der Waals surface area (Å²) in [6.45, 7) is 6.19. The topological polar surface area (TPSA) is 53.4 Å². The van der Waals surface area contributed by atoms with Gasteiger partial charge in [0.25, 0.3) is 0 Å². The fraction of sp³-hybridized carbons (Fsp3) is 0.417. The monoisotopic (exact) mass is 374 g/mol. The molecule has 0 radical (unpaired) electrons. The van der Waals surface area contributed by atoms with Gasteiger partial charge in [0, 0.05) is 36.8 Å². The van der Waals surface area contributed by atoms with E-state index in [-0.39, 0.29) is 5.92 Å². The molecule has 1 N–H and O–H groups in total. The van der Waals surface area contributed by atoms with Gasteiger partial charge in [-0.15, -0.1) is 0 Å². The first-order chi connectivity index (χ1) is 13.5. The molecule has 2 aliphatic rings. The van der Waals surface area contributed by atoms with Crippen molar-refractivity contribution in [3.63, 3.8) is 0 Å². The highest BCUT2D eigenvalue weighted by atomic mass is 16.4. The minimum absolute atomic E-state index is 0.156. The Morgan fingerprint density at radius 1 is 1.14 bits per heavy atom. The number of carbonyl (C=O) groups is 1. The van der Waals surface area contributed by atoms with Crippen molar-refractivity contribution in [1.29, 1.82) is 0 Å². The van der Waals surface area contributed by atoms with Gasteiger partial charge < -0.3 is 5.11 Å². The summed E-state index contributed by atoms with van der Waals surface area (Å²) in [7, 11) is 0. The predicted molar refractivity (Wildman–Crippen MR) is 109 cm³/mol. The number of aromatic nitrogens is 1. The van der Waals surface area contributed by atoms with Gasteiger partial charge >= 0.3 is 5.97 Å². The van der Waals surface area contributed by atoms with E-state index in [1.807, 2.05) is 6.07 Å². The normalized spacial score (nSPS) is 21.4. The molecule has 0 bridgehead atoms. The Morgan fingerprint density at radius 2 is 1.89 bits per heavy atom. The number of pyridine rings is 1. The first-order valence-corrected chi connectivity index (χ1v) is 10.1. The number of carboxylic acid groups (broad SMARTS) is 1. The molecule has 1 aliphatic carbocycles. The van der Waals surface area contributed by atoms with E-state index in [0.717, 1.165) is 49.3 Å². The molecule has 0 atom stereocenters. The van der Waals surface area contributed by atoms with Crippen LogP contribution in [0.5, 0.6) is 0 Å². The van der Waals surface area contributed by atoms with Crippen molar-refractivity contribution >= 4 is 5.97 Å². The average molecular weight is 374 g/mol. The Bertz CT molecular complexity index is 931. The minimum atomic E-state index is -0.655. The van der Waals surface area contributed by atoms with Crippen LogP contribution in [0.15, 0.2) is 36.4 Å². The lowest BCUT2D eigenvalue weighted by atomic mass is 9.78. The molecule has 0 amide bonds. The molecule has 2 aromatic rings. The summed E-state index contributed by atoms with van der Waals surface area (Å²) in [6.07, 6.45) is 2.46. The van der Waals surface area contributed by atoms with Crippen LogP contribution in [0.3, 0.4) is 0 Å². The van der Waals surface area contributed by atoms with Crippen LogP contribution in [0, 0.1) is 17.8 Å².